The van der Waals surface area contributed by atoms with E-state index in [1.165, 1.54) is 23.7 Å². The molecule has 1 aromatic carbocycles. The second-order valence-corrected chi connectivity index (χ2v) is 5.28. The van der Waals surface area contributed by atoms with Crippen LogP contribution in [0.25, 0.3) is 10.9 Å². The van der Waals surface area contributed by atoms with E-state index >= 15 is 0 Å². The van der Waals surface area contributed by atoms with Gasteiger partial charge >= 0.3 is 0 Å². The second-order valence-electron chi connectivity index (χ2n) is 5.28. The smallest absolute Gasteiger partial charge is 0.0841 e. The lowest BCUT2D eigenvalue weighted by Gasteiger charge is -2.07. The third kappa shape index (κ3) is 2.80. The van der Waals surface area contributed by atoms with Gasteiger partial charge in [0.15, 0.2) is 0 Å². The van der Waals surface area contributed by atoms with Gasteiger partial charge < -0.3 is 10.1 Å². The maximum Gasteiger partial charge on any atom is 0.0841 e. The summed E-state index contributed by atoms with van der Waals surface area (Å²) in [4.78, 5) is 0. The molecule has 4 heteroatoms. The first kappa shape index (κ1) is 12.6. The molecule has 3 rings (SSSR count). The average molecular weight is 259 g/mol. The Morgan fingerprint density at radius 3 is 3.16 bits per heavy atom. The molecule has 0 radical (unpaired) electrons. The Bertz CT molecular complexity index is 543. The summed E-state index contributed by atoms with van der Waals surface area (Å²) in [7, 11) is 2.00. The van der Waals surface area contributed by atoms with Crippen LogP contribution in [0.1, 0.15) is 18.5 Å². The van der Waals surface area contributed by atoms with E-state index in [2.05, 4.69) is 34.7 Å². The molecule has 102 valence electrons. The predicted molar refractivity (Wildman–Crippen MR) is 76.0 cm³/mol. The summed E-state index contributed by atoms with van der Waals surface area (Å²) in [6.07, 6.45) is 2.42. The Morgan fingerprint density at radius 1 is 1.42 bits per heavy atom. The molecule has 1 atom stereocenters. The van der Waals surface area contributed by atoms with Crippen LogP contribution in [-0.4, -0.2) is 29.5 Å². The van der Waals surface area contributed by atoms with Crippen LogP contribution in [0.4, 0.5) is 0 Å². The molecule has 0 saturated carbocycles. The Balaban J connectivity index is 1.56. The first-order valence-corrected chi connectivity index (χ1v) is 7.03. The monoisotopic (exact) mass is 259 g/mol. The Hall–Kier alpha value is -1.39. The number of benzene rings is 1. The van der Waals surface area contributed by atoms with E-state index in [4.69, 9.17) is 4.74 Å². The fourth-order valence-corrected chi connectivity index (χ4v) is 2.74. The third-order valence-electron chi connectivity index (χ3n) is 3.88. The number of fused-ring (bicyclic) bond motifs is 1. The average Bonchev–Trinajstić information content (AvgIpc) is 3.04. The quantitative estimate of drug-likeness (QED) is 0.836. The lowest BCUT2D eigenvalue weighted by Crippen LogP contribution is -2.18. The first-order chi connectivity index (χ1) is 9.34. The topological polar surface area (TPSA) is 39.1 Å². The summed E-state index contributed by atoms with van der Waals surface area (Å²) < 4.78 is 7.35. The number of hydrogen-bond donors (Lipinski definition) is 1. The van der Waals surface area contributed by atoms with Crippen LogP contribution in [0.3, 0.4) is 0 Å². The van der Waals surface area contributed by atoms with Crippen molar-refractivity contribution in [1.29, 1.82) is 0 Å². The number of rotatable bonds is 5. The largest absolute Gasteiger partial charge is 0.381 e. The summed E-state index contributed by atoms with van der Waals surface area (Å²) in [5.41, 5.74) is 2.34. The molecule has 1 aliphatic rings. The third-order valence-corrected chi connectivity index (χ3v) is 3.88. The molecule has 1 fully saturated rings. The molecule has 0 amide bonds. The van der Waals surface area contributed by atoms with Crippen LogP contribution >= 0.6 is 0 Å². The van der Waals surface area contributed by atoms with Crippen LogP contribution in [0.15, 0.2) is 24.3 Å². The minimum absolute atomic E-state index is 0.743. The zero-order chi connectivity index (χ0) is 13.1. The van der Waals surface area contributed by atoms with Crippen molar-refractivity contribution in [3.05, 3.63) is 30.0 Å². The van der Waals surface area contributed by atoms with E-state index in [9.17, 15) is 0 Å². The second kappa shape index (κ2) is 5.72. The lowest BCUT2D eigenvalue weighted by atomic mass is 10.1. The van der Waals surface area contributed by atoms with Crippen molar-refractivity contribution in [2.24, 2.45) is 13.0 Å². The van der Waals surface area contributed by atoms with Gasteiger partial charge in [-0.3, -0.25) is 4.68 Å². The molecule has 1 N–H and O–H groups in total. The van der Waals surface area contributed by atoms with E-state index in [-0.39, 0.29) is 0 Å². The minimum atomic E-state index is 0.743. The highest BCUT2D eigenvalue weighted by molar-refractivity contribution is 5.81. The molecule has 0 aliphatic carbocycles. The first-order valence-electron chi connectivity index (χ1n) is 7.03. The molecule has 2 heterocycles. The molecule has 0 bridgehead atoms. The van der Waals surface area contributed by atoms with Gasteiger partial charge in [0.05, 0.1) is 11.2 Å². The number of para-hydroxylation sites is 1. The van der Waals surface area contributed by atoms with Gasteiger partial charge in [0, 0.05) is 32.2 Å². The molecular formula is C15H21N3O. The highest BCUT2D eigenvalue weighted by Gasteiger charge is 2.14. The standard InChI is InChI=1S/C15H21N3O/c1-18-15-5-3-2-4-13(15)14(17-18)10-16-8-6-12-7-9-19-11-12/h2-5,12,16H,6-11H2,1H3. The van der Waals surface area contributed by atoms with E-state index in [0.717, 1.165) is 37.9 Å². The fraction of sp³-hybridized carbons (Fsp3) is 0.533. The van der Waals surface area contributed by atoms with Gasteiger partial charge in [0.25, 0.3) is 0 Å². The summed E-state index contributed by atoms with van der Waals surface area (Å²) in [6, 6.07) is 8.39. The molecule has 2 aromatic rings. The highest BCUT2D eigenvalue weighted by Crippen LogP contribution is 2.18. The van der Waals surface area contributed by atoms with Crippen molar-refractivity contribution < 1.29 is 4.74 Å². The maximum absolute atomic E-state index is 5.39. The van der Waals surface area contributed by atoms with Crippen molar-refractivity contribution in [3.63, 3.8) is 0 Å². The maximum atomic E-state index is 5.39. The van der Waals surface area contributed by atoms with Gasteiger partial charge in [-0.2, -0.15) is 5.10 Å². The minimum Gasteiger partial charge on any atom is -0.381 e. The molecule has 0 spiro atoms. The van der Waals surface area contributed by atoms with Crippen LogP contribution in [0, 0.1) is 5.92 Å². The van der Waals surface area contributed by atoms with Gasteiger partial charge in [0.2, 0.25) is 0 Å². The van der Waals surface area contributed by atoms with E-state index < -0.39 is 0 Å². The van der Waals surface area contributed by atoms with Crippen molar-refractivity contribution in [3.8, 4) is 0 Å². The van der Waals surface area contributed by atoms with Gasteiger partial charge in [-0.05, 0) is 31.4 Å². The van der Waals surface area contributed by atoms with Gasteiger partial charge in [-0.25, -0.2) is 0 Å². The zero-order valence-corrected chi connectivity index (χ0v) is 11.4. The SMILES string of the molecule is Cn1nc(CNCCC2CCOC2)c2ccccc21. The van der Waals surface area contributed by atoms with Crippen molar-refractivity contribution in [2.45, 2.75) is 19.4 Å². The van der Waals surface area contributed by atoms with E-state index in [1.807, 2.05) is 11.7 Å². The van der Waals surface area contributed by atoms with Crippen molar-refractivity contribution >= 4 is 10.9 Å². The summed E-state index contributed by atoms with van der Waals surface area (Å²) in [6.45, 7) is 3.76. The normalized spacial score (nSPS) is 19.3. The van der Waals surface area contributed by atoms with Crippen molar-refractivity contribution in [2.75, 3.05) is 19.8 Å². The van der Waals surface area contributed by atoms with Crippen LogP contribution in [-0.2, 0) is 18.3 Å². The summed E-state index contributed by atoms with van der Waals surface area (Å²) >= 11 is 0. The van der Waals surface area contributed by atoms with Crippen LogP contribution in [0.2, 0.25) is 0 Å². The summed E-state index contributed by atoms with van der Waals surface area (Å²) in [5.74, 6) is 0.743. The van der Waals surface area contributed by atoms with E-state index in [0.29, 0.717) is 0 Å². The molecule has 1 aliphatic heterocycles. The molecule has 1 aromatic heterocycles. The number of nitrogens with one attached hydrogen (secondary N) is 1. The number of hydrogen-bond acceptors (Lipinski definition) is 3. The predicted octanol–water partition coefficient (Wildman–Crippen LogP) is 2.09. The summed E-state index contributed by atoms with van der Waals surface area (Å²) in [5, 5.41) is 9.34. The highest BCUT2D eigenvalue weighted by atomic mass is 16.5. The zero-order valence-electron chi connectivity index (χ0n) is 11.4. The Labute approximate surface area is 113 Å². The van der Waals surface area contributed by atoms with Crippen molar-refractivity contribution in [1.82, 2.24) is 15.1 Å². The van der Waals surface area contributed by atoms with Crippen LogP contribution in [0.5, 0.6) is 0 Å². The Morgan fingerprint density at radius 2 is 2.32 bits per heavy atom. The van der Waals surface area contributed by atoms with E-state index in [1.54, 1.807) is 0 Å². The molecule has 1 unspecified atom stereocenters. The molecule has 1 saturated heterocycles. The fourth-order valence-electron chi connectivity index (χ4n) is 2.74. The lowest BCUT2D eigenvalue weighted by molar-refractivity contribution is 0.184. The number of aromatic nitrogens is 2. The Kier molecular flexibility index (Phi) is 3.80. The number of nitrogens with zero attached hydrogens (tertiary/aromatic N) is 2. The number of aryl methyl sites for hydroxylation is 1. The van der Waals surface area contributed by atoms with Gasteiger partial charge in [0.1, 0.15) is 0 Å². The molecule has 19 heavy (non-hydrogen) atoms. The molecular weight excluding hydrogens is 238 g/mol. The van der Waals surface area contributed by atoms with Crippen LogP contribution < -0.4 is 5.32 Å². The molecule has 4 nitrogen and oxygen atoms in total. The van der Waals surface area contributed by atoms with Gasteiger partial charge in [-0.1, -0.05) is 18.2 Å². The number of ether oxygens (including phenoxy) is 1. The van der Waals surface area contributed by atoms with Gasteiger partial charge in [-0.15, -0.1) is 0 Å².